The van der Waals surface area contributed by atoms with Gasteiger partial charge in [0, 0.05) is 6.42 Å². The molecule has 0 N–H and O–H groups in total. The maximum atomic E-state index is 13.5. The first-order valence-corrected chi connectivity index (χ1v) is 7.23. The van der Waals surface area contributed by atoms with Gasteiger partial charge in [-0.25, -0.2) is 4.39 Å². The summed E-state index contributed by atoms with van der Waals surface area (Å²) in [7, 11) is 0. The van der Waals surface area contributed by atoms with Crippen molar-refractivity contribution in [3.8, 4) is 0 Å². The van der Waals surface area contributed by atoms with Crippen LogP contribution in [0.5, 0.6) is 0 Å². The van der Waals surface area contributed by atoms with Crippen LogP contribution in [0.4, 0.5) is 4.39 Å². The second kappa shape index (κ2) is 7.39. The predicted octanol–water partition coefficient (Wildman–Crippen LogP) is 3.20. The van der Waals surface area contributed by atoms with E-state index in [0.717, 1.165) is 13.1 Å². The van der Waals surface area contributed by atoms with Crippen LogP contribution in [0.2, 0.25) is 0 Å². The normalized spacial score (nSPS) is 17.7. The molecule has 1 heterocycles. The summed E-state index contributed by atoms with van der Waals surface area (Å²) in [6.45, 7) is 2.47. The smallest absolute Gasteiger partial charge is 0.151 e. The summed E-state index contributed by atoms with van der Waals surface area (Å²) in [5.74, 6) is -0.158. The minimum Gasteiger partial charge on any atom is -0.298 e. The molecule has 1 aliphatic heterocycles. The van der Waals surface area contributed by atoms with Crippen molar-refractivity contribution in [2.24, 2.45) is 0 Å². The Kier molecular flexibility index (Phi) is 5.52. The number of carbonyl (C=O) groups excluding carboxylic acids is 1. The van der Waals surface area contributed by atoms with E-state index in [-0.39, 0.29) is 18.0 Å². The Labute approximate surface area is 114 Å². The minimum absolute atomic E-state index is 0.116. The van der Waals surface area contributed by atoms with Gasteiger partial charge >= 0.3 is 0 Å². The highest BCUT2D eigenvalue weighted by Crippen LogP contribution is 2.12. The van der Waals surface area contributed by atoms with E-state index in [9.17, 15) is 9.18 Å². The maximum absolute atomic E-state index is 13.5. The average molecular weight is 263 g/mol. The van der Waals surface area contributed by atoms with Crippen LogP contribution in [-0.4, -0.2) is 30.3 Å². The van der Waals surface area contributed by atoms with Crippen molar-refractivity contribution in [1.82, 2.24) is 4.90 Å². The lowest BCUT2D eigenvalue weighted by Gasteiger charge is -2.23. The summed E-state index contributed by atoms with van der Waals surface area (Å²) in [5, 5.41) is 0. The molecule has 0 atom stereocenters. The second-order valence-corrected chi connectivity index (χ2v) is 5.35. The molecule has 0 saturated carbocycles. The van der Waals surface area contributed by atoms with Crippen molar-refractivity contribution in [1.29, 1.82) is 0 Å². The fraction of sp³-hybridized carbons (Fsp3) is 0.562. The van der Waals surface area contributed by atoms with Crippen LogP contribution >= 0.6 is 0 Å². The molecule has 1 aromatic rings. The molecule has 0 unspecified atom stereocenters. The van der Waals surface area contributed by atoms with E-state index in [1.54, 1.807) is 18.2 Å². The Hall–Kier alpha value is -1.22. The number of rotatable bonds is 4. The van der Waals surface area contributed by atoms with Gasteiger partial charge in [0.25, 0.3) is 0 Å². The molecule has 3 heteroatoms. The number of benzene rings is 1. The van der Waals surface area contributed by atoms with Gasteiger partial charge in [-0.1, -0.05) is 37.5 Å². The summed E-state index contributed by atoms with van der Waals surface area (Å²) >= 11 is 0. The topological polar surface area (TPSA) is 20.3 Å². The lowest BCUT2D eigenvalue weighted by Crippen LogP contribution is -2.33. The third kappa shape index (κ3) is 4.75. The van der Waals surface area contributed by atoms with Crippen LogP contribution in [0.15, 0.2) is 24.3 Å². The standard InChI is InChI=1S/C16H22FNO/c17-16-9-5-4-8-14(16)12-15(19)13-18-10-6-2-1-3-7-11-18/h4-5,8-9H,1-3,6-7,10-13H2. The highest BCUT2D eigenvalue weighted by atomic mass is 19.1. The van der Waals surface area contributed by atoms with Crippen LogP contribution in [0.1, 0.15) is 37.7 Å². The van der Waals surface area contributed by atoms with Gasteiger partial charge in [-0.2, -0.15) is 0 Å². The van der Waals surface area contributed by atoms with E-state index in [0.29, 0.717) is 12.1 Å². The fourth-order valence-corrected chi connectivity index (χ4v) is 2.63. The number of hydrogen-bond acceptors (Lipinski definition) is 2. The number of ketones is 1. The van der Waals surface area contributed by atoms with Crippen molar-refractivity contribution >= 4 is 5.78 Å². The molecule has 1 fully saturated rings. The first-order chi connectivity index (χ1) is 9.25. The zero-order valence-electron chi connectivity index (χ0n) is 11.4. The van der Waals surface area contributed by atoms with E-state index in [1.165, 1.54) is 38.2 Å². The molecule has 0 amide bonds. The number of Topliss-reactive ketones (excluding diaryl/α,β-unsaturated/α-hetero) is 1. The predicted molar refractivity (Wildman–Crippen MR) is 74.6 cm³/mol. The van der Waals surface area contributed by atoms with Gasteiger partial charge in [-0.15, -0.1) is 0 Å². The van der Waals surface area contributed by atoms with Crippen molar-refractivity contribution in [2.75, 3.05) is 19.6 Å². The zero-order valence-corrected chi connectivity index (χ0v) is 11.4. The molecule has 0 spiro atoms. The third-order valence-corrected chi connectivity index (χ3v) is 3.69. The molecule has 104 valence electrons. The summed E-state index contributed by atoms with van der Waals surface area (Å²) in [6.07, 6.45) is 6.40. The SMILES string of the molecule is O=C(Cc1ccccc1F)CN1CCCCCCC1. The molecule has 2 rings (SSSR count). The summed E-state index contributed by atoms with van der Waals surface area (Å²) in [5.41, 5.74) is 0.513. The van der Waals surface area contributed by atoms with Crippen LogP contribution < -0.4 is 0 Å². The van der Waals surface area contributed by atoms with Crippen LogP contribution in [0.3, 0.4) is 0 Å². The molecule has 1 aliphatic rings. The van der Waals surface area contributed by atoms with Crippen molar-refractivity contribution < 1.29 is 9.18 Å². The summed E-state index contributed by atoms with van der Waals surface area (Å²) < 4.78 is 13.5. The molecule has 1 aromatic carbocycles. The monoisotopic (exact) mass is 263 g/mol. The van der Waals surface area contributed by atoms with E-state index in [1.807, 2.05) is 0 Å². The van der Waals surface area contributed by atoms with Crippen LogP contribution in [0, 0.1) is 5.82 Å². The number of likely N-dealkylation sites (tertiary alicyclic amines) is 1. The van der Waals surface area contributed by atoms with Crippen molar-refractivity contribution in [2.45, 2.75) is 38.5 Å². The Morgan fingerprint density at radius 1 is 1.05 bits per heavy atom. The molecular weight excluding hydrogens is 241 g/mol. The molecule has 2 nitrogen and oxygen atoms in total. The van der Waals surface area contributed by atoms with Gasteiger partial charge in [0.1, 0.15) is 5.82 Å². The van der Waals surface area contributed by atoms with E-state index >= 15 is 0 Å². The Morgan fingerprint density at radius 3 is 2.37 bits per heavy atom. The van der Waals surface area contributed by atoms with E-state index in [4.69, 9.17) is 0 Å². The highest BCUT2D eigenvalue weighted by Gasteiger charge is 2.14. The van der Waals surface area contributed by atoms with Crippen molar-refractivity contribution in [3.63, 3.8) is 0 Å². The van der Waals surface area contributed by atoms with Gasteiger partial charge in [-0.3, -0.25) is 9.69 Å². The molecule has 1 saturated heterocycles. The molecule has 0 aliphatic carbocycles. The second-order valence-electron chi connectivity index (χ2n) is 5.35. The van der Waals surface area contributed by atoms with Gasteiger partial charge < -0.3 is 0 Å². The molecular formula is C16H22FNO. The minimum atomic E-state index is -0.275. The Balaban J connectivity index is 1.84. The number of carbonyl (C=O) groups is 1. The quantitative estimate of drug-likeness (QED) is 0.831. The zero-order chi connectivity index (χ0) is 13.5. The van der Waals surface area contributed by atoms with Gasteiger partial charge in [-0.05, 0) is 37.6 Å². The Morgan fingerprint density at radius 2 is 1.68 bits per heavy atom. The van der Waals surface area contributed by atoms with Crippen LogP contribution in [-0.2, 0) is 11.2 Å². The van der Waals surface area contributed by atoms with Gasteiger partial charge in [0.2, 0.25) is 0 Å². The molecule has 0 bridgehead atoms. The van der Waals surface area contributed by atoms with E-state index in [2.05, 4.69) is 4.90 Å². The van der Waals surface area contributed by atoms with Gasteiger partial charge in [0.05, 0.1) is 6.54 Å². The third-order valence-electron chi connectivity index (χ3n) is 3.69. The number of hydrogen-bond donors (Lipinski definition) is 0. The number of halogens is 1. The highest BCUT2D eigenvalue weighted by molar-refractivity contribution is 5.82. The first kappa shape index (κ1) is 14.2. The maximum Gasteiger partial charge on any atom is 0.151 e. The van der Waals surface area contributed by atoms with Crippen molar-refractivity contribution in [3.05, 3.63) is 35.6 Å². The number of nitrogens with zero attached hydrogens (tertiary/aromatic N) is 1. The molecule has 19 heavy (non-hydrogen) atoms. The summed E-state index contributed by atoms with van der Waals surface area (Å²) in [4.78, 5) is 14.2. The first-order valence-electron chi connectivity index (χ1n) is 7.23. The summed E-state index contributed by atoms with van der Waals surface area (Å²) in [6, 6.07) is 6.54. The van der Waals surface area contributed by atoms with E-state index < -0.39 is 0 Å². The fourth-order valence-electron chi connectivity index (χ4n) is 2.63. The van der Waals surface area contributed by atoms with Gasteiger partial charge in [0.15, 0.2) is 5.78 Å². The van der Waals surface area contributed by atoms with Crippen LogP contribution in [0.25, 0.3) is 0 Å². The lowest BCUT2D eigenvalue weighted by atomic mass is 10.1. The molecule has 0 radical (unpaired) electrons. The lowest BCUT2D eigenvalue weighted by molar-refractivity contribution is -0.119. The molecule has 0 aromatic heterocycles. The largest absolute Gasteiger partial charge is 0.298 e. The average Bonchev–Trinajstić information content (AvgIpc) is 2.35. The Bertz CT molecular complexity index is 411.